The fraction of sp³-hybridized carbons (Fsp3) is 0.458. The first-order valence-corrected chi connectivity index (χ1v) is 13.1. The monoisotopic (exact) mass is 498 g/mol. The molecule has 5 rings (SSSR count). The third-order valence-electron chi connectivity index (χ3n) is 6.33. The van der Waals surface area contributed by atoms with Crippen LogP contribution in [0.2, 0.25) is 0 Å². The van der Waals surface area contributed by atoms with E-state index in [1.165, 1.54) is 31.1 Å². The molecule has 3 aromatic rings. The van der Waals surface area contributed by atoms with Crippen LogP contribution in [0.15, 0.2) is 23.7 Å². The maximum atomic E-state index is 12.7. The van der Waals surface area contributed by atoms with Crippen LogP contribution in [0.5, 0.6) is 0 Å². The molecule has 0 radical (unpaired) electrons. The van der Waals surface area contributed by atoms with Crippen molar-refractivity contribution >= 4 is 45.8 Å². The van der Waals surface area contributed by atoms with E-state index in [2.05, 4.69) is 37.5 Å². The molecule has 2 aliphatic heterocycles. The highest BCUT2D eigenvalue weighted by Gasteiger charge is 2.38. The molecule has 0 aliphatic carbocycles. The van der Waals surface area contributed by atoms with E-state index < -0.39 is 0 Å². The van der Waals surface area contributed by atoms with E-state index in [-0.39, 0.29) is 11.9 Å². The maximum Gasteiger partial charge on any atom is 0.253 e. The molecule has 34 heavy (non-hydrogen) atoms. The van der Waals surface area contributed by atoms with Gasteiger partial charge in [-0.1, -0.05) is 0 Å². The minimum atomic E-state index is -0.0411. The van der Waals surface area contributed by atoms with Gasteiger partial charge in [0.25, 0.3) is 5.91 Å². The molecule has 2 fully saturated rings. The van der Waals surface area contributed by atoms with Crippen LogP contribution >= 0.6 is 22.7 Å². The number of hydrogen-bond donors (Lipinski definition) is 2. The van der Waals surface area contributed by atoms with Crippen LogP contribution < -0.4 is 10.6 Å². The summed E-state index contributed by atoms with van der Waals surface area (Å²) in [6, 6.07) is 5.12. The summed E-state index contributed by atoms with van der Waals surface area (Å²) >= 11 is 3.18. The van der Waals surface area contributed by atoms with E-state index in [1.807, 2.05) is 31.4 Å². The van der Waals surface area contributed by atoms with Crippen molar-refractivity contribution in [2.45, 2.75) is 64.6 Å². The summed E-state index contributed by atoms with van der Waals surface area (Å²) in [6.07, 6.45) is 6.95. The predicted molar refractivity (Wildman–Crippen MR) is 137 cm³/mol. The van der Waals surface area contributed by atoms with Gasteiger partial charge in [0.2, 0.25) is 0 Å². The Bertz CT molecular complexity index is 1130. The number of thiazole rings is 2. The third-order valence-corrected chi connectivity index (χ3v) is 8.19. The molecular formula is C24H30N6O2S2. The van der Waals surface area contributed by atoms with Gasteiger partial charge in [-0.2, -0.15) is 0 Å². The van der Waals surface area contributed by atoms with Gasteiger partial charge in [0.15, 0.2) is 5.13 Å². The van der Waals surface area contributed by atoms with Crippen LogP contribution in [0, 0.1) is 13.8 Å². The minimum Gasteiger partial charge on any atom is -0.349 e. The number of nitrogens with one attached hydrogen (secondary N) is 2. The van der Waals surface area contributed by atoms with Crippen molar-refractivity contribution in [3.8, 4) is 10.6 Å². The smallest absolute Gasteiger partial charge is 0.253 e. The lowest BCUT2D eigenvalue weighted by Crippen LogP contribution is -2.48. The van der Waals surface area contributed by atoms with Crippen molar-refractivity contribution < 1.29 is 9.59 Å². The van der Waals surface area contributed by atoms with E-state index in [9.17, 15) is 4.79 Å². The maximum absolute atomic E-state index is 12.7. The van der Waals surface area contributed by atoms with Gasteiger partial charge in [0.1, 0.15) is 12.1 Å². The van der Waals surface area contributed by atoms with Crippen LogP contribution in [0.3, 0.4) is 0 Å². The summed E-state index contributed by atoms with van der Waals surface area (Å²) in [4.78, 5) is 38.6. The van der Waals surface area contributed by atoms with Gasteiger partial charge in [-0.3, -0.25) is 4.79 Å². The molecule has 2 saturated heterocycles. The molecular weight excluding hydrogens is 468 g/mol. The molecule has 1 amide bonds. The number of aryl methyl sites for hydroxylation is 2. The van der Waals surface area contributed by atoms with Gasteiger partial charge in [-0.25, -0.2) is 15.0 Å². The molecule has 0 spiro atoms. The van der Waals surface area contributed by atoms with Crippen LogP contribution in [-0.4, -0.2) is 57.2 Å². The van der Waals surface area contributed by atoms with Gasteiger partial charge in [0.05, 0.1) is 26.8 Å². The number of aromatic nitrogens is 3. The van der Waals surface area contributed by atoms with Crippen molar-refractivity contribution in [2.24, 2.45) is 0 Å². The zero-order valence-electron chi connectivity index (χ0n) is 19.9. The van der Waals surface area contributed by atoms with Gasteiger partial charge in [0, 0.05) is 29.7 Å². The number of fused-ring (bicyclic) bond motifs is 2. The molecule has 3 aromatic heterocycles. The van der Waals surface area contributed by atoms with Gasteiger partial charge in [-0.05, 0) is 65.6 Å². The lowest BCUT2D eigenvalue weighted by molar-refractivity contribution is -0.106. The second kappa shape index (κ2) is 10.7. The SMILES string of the molecule is CC=O.Cc1nc(C)c(-c2csc(Nc3ccc(C(=O)NC4C[C@H]5CC[C@@H](C4)N5C)cn3)n2)s1. The molecule has 8 nitrogen and oxygen atoms in total. The molecule has 2 bridgehead atoms. The lowest BCUT2D eigenvalue weighted by atomic mass is 9.98. The number of rotatable bonds is 5. The number of pyridine rings is 1. The molecule has 10 heteroatoms. The normalized spacial score (nSPS) is 21.5. The van der Waals surface area contributed by atoms with E-state index in [0.717, 1.165) is 45.5 Å². The molecule has 3 atom stereocenters. The Kier molecular flexibility index (Phi) is 7.70. The number of aldehydes is 1. The molecule has 180 valence electrons. The lowest BCUT2D eigenvalue weighted by Gasteiger charge is -2.36. The first-order valence-electron chi connectivity index (χ1n) is 11.4. The van der Waals surface area contributed by atoms with Crippen LogP contribution in [-0.2, 0) is 4.79 Å². The Morgan fingerprint density at radius 3 is 2.47 bits per heavy atom. The molecule has 1 unspecified atom stereocenters. The second-order valence-corrected chi connectivity index (χ2v) is 10.7. The number of nitrogens with zero attached hydrogens (tertiary/aromatic N) is 4. The quantitative estimate of drug-likeness (QED) is 0.497. The minimum absolute atomic E-state index is 0.0411. The van der Waals surface area contributed by atoms with Gasteiger partial charge >= 0.3 is 0 Å². The number of hydrogen-bond acceptors (Lipinski definition) is 9. The van der Waals surface area contributed by atoms with Crippen molar-refractivity contribution in [3.63, 3.8) is 0 Å². The Labute approximate surface area is 207 Å². The predicted octanol–water partition coefficient (Wildman–Crippen LogP) is 4.58. The fourth-order valence-corrected chi connectivity index (χ4v) is 6.38. The Morgan fingerprint density at radius 2 is 1.88 bits per heavy atom. The Hall–Kier alpha value is -2.69. The van der Waals surface area contributed by atoms with E-state index in [1.54, 1.807) is 17.5 Å². The van der Waals surface area contributed by atoms with E-state index in [0.29, 0.717) is 23.5 Å². The summed E-state index contributed by atoms with van der Waals surface area (Å²) in [5, 5.41) is 10.3. The zero-order chi connectivity index (χ0) is 24.2. The third kappa shape index (κ3) is 5.51. The molecule has 0 aromatic carbocycles. The highest BCUT2D eigenvalue weighted by molar-refractivity contribution is 7.16. The second-order valence-electron chi connectivity index (χ2n) is 8.67. The largest absolute Gasteiger partial charge is 0.349 e. The average Bonchev–Trinajstić information content (AvgIpc) is 3.44. The standard InChI is InChI=1S/C22H26N6OS2.C2H4O/c1-12-20(31-13(2)24-12)18-11-30-22(26-18)27-19-7-4-14(10-23-19)21(29)25-15-8-16-5-6-17(9-15)28(16)3;1-2-3/h4,7,10-11,15-17H,5-6,8-9H2,1-3H3,(H,25,29)(H,23,26,27);2H,1H3/t15?,16-,17+;. The fourth-order valence-electron chi connectivity index (χ4n) is 4.71. The molecule has 2 N–H and O–H groups in total. The number of amides is 1. The molecule has 5 heterocycles. The summed E-state index contributed by atoms with van der Waals surface area (Å²) in [7, 11) is 2.21. The topological polar surface area (TPSA) is 100 Å². The summed E-state index contributed by atoms with van der Waals surface area (Å²) in [5.74, 6) is 0.632. The van der Waals surface area contributed by atoms with Gasteiger partial charge in [-0.15, -0.1) is 22.7 Å². The van der Waals surface area contributed by atoms with Crippen molar-refractivity contribution in [1.82, 2.24) is 25.2 Å². The van der Waals surface area contributed by atoms with Crippen LogP contribution in [0.1, 0.15) is 53.7 Å². The van der Waals surface area contributed by atoms with Crippen LogP contribution in [0.25, 0.3) is 10.6 Å². The molecule has 2 aliphatic rings. The summed E-state index contributed by atoms with van der Waals surface area (Å²) in [6.45, 7) is 5.46. The Morgan fingerprint density at radius 1 is 1.18 bits per heavy atom. The Balaban J connectivity index is 0.000000868. The number of piperidine rings is 1. The highest BCUT2D eigenvalue weighted by Crippen LogP contribution is 2.34. The zero-order valence-corrected chi connectivity index (χ0v) is 21.5. The van der Waals surface area contributed by atoms with Crippen molar-refractivity contribution in [3.05, 3.63) is 40.0 Å². The number of anilines is 2. The highest BCUT2D eigenvalue weighted by atomic mass is 32.1. The first kappa shape index (κ1) is 24.4. The summed E-state index contributed by atoms with van der Waals surface area (Å²) < 4.78 is 0. The van der Waals surface area contributed by atoms with Crippen LogP contribution in [0.4, 0.5) is 10.9 Å². The van der Waals surface area contributed by atoms with Gasteiger partial charge < -0.3 is 20.3 Å². The average molecular weight is 499 g/mol. The van der Waals surface area contributed by atoms with E-state index in [4.69, 9.17) is 4.79 Å². The van der Waals surface area contributed by atoms with Crippen molar-refractivity contribution in [2.75, 3.05) is 12.4 Å². The number of carbonyl (C=O) groups is 2. The number of carbonyl (C=O) groups excluding carboxylic acids is 2. The summed E-state index contributed by atoms with van der Waals surface area (Å²) in [5.41, 5.74) is 2.52. The first-order chi connectivity index (χ1) is 16.4. The van der Waals surface area contributed by atoms with E-state index >= 15 is 0 Å². The molecule has 0 saturated carbocycles. The van der Waals surface area contributed by atoms with Crippen molar-refractivity contribution in [1.29, 1.82) is 0 Å².